The Morgan fingerprint density at radius 2 is 2.00 bits per heavy atom. The standard InChI is InChI=1S/C10H13N5/c1-8-2-4-9(5-3-8)7-15-10(6-11)12-13-14-15/h2-5H,6-7,11H2,1H3. The molecule has 0 saturated carbocycles. The molecule has 2 aromatic rings. The second kappa shape index (κ2) is 4.18. The largest absolute Gasteiger partial charge is 0.324 e. The van der Waals surface area contributed by atoms with Gasteiger partial charge in [0.15, 0.2) is 5.82 Å². The molecule has 1 heterocycles. The van der Waals surface area contributed by atoms with E-state index in [0.717, 1.165) is 0 Å². The molecule has 0 aliphatic rings. The average molecular weight is 203 g/mol. The molecule has 1 aromatic heterocycles. The Hall–Kier alpha value is -1.75. The molecule has 0 radical (unpaired) electrons. The van der Waals surface area contributed by atoms with E-state index in [1.165, 1.54) is 11.1 Å². The van der Waals surface area contributed by atoms with Gasteiger partial charge in [-0.2, -0.15) is 0 Å². The van der Waals surface area contributed by atoms with E-state index >= 15 is 0 Å². The number of tetrazole rings is 1. The predicted molar refractivity (Wildman–Crippen MR) is 56.0 cm³/mol. The van der Waals surface area contributed by atoms with Gasteiger partial charge in [-0.3, -0.25) is 0 Å². The minimum atomic E-state index is 0.360. The lowest BCUT2D eigenvalue weighted by atomic mass is 10.1. The number of benzene rings is 1. The fourth-order valence-corrected chi connectivity index (χ4v) is 1.36. The Kier molecular flexibility index (Phi) is 2.73. The summed E-state index contributed by atoms with van der Waals surface area (Å²) in [6.45, 7) is 3.09. The fourth-order valence-electron chi connectivity index (χ4n) is 1.36. The summed E-state index contributed by atoms with van der Waals surface area (Å²) in [4.78, 5) is 0. The third-order valence-electron chi connectivity index (χ3n) is 2.24. The van der Waals surface area contributed by atoms with Gasteiger partial charge < -0.3 is 5.73 Å². The number of rotatable bonds is 3. The van der Waals surface area contributed by atoms with Crippen LogP contribution in [0.2, 0.25) is 0 Å². The van der Waals surface area contributed by atoms with Crippen molar-refractivity contribution in [2.24, 2.45) is 5.73 Å². The Labute approximate surface area is 87.9 Å². The zero-order chi connectivity index (χ0) is 10.7. The quantitative estimate of drug-likeness (QED) is 0.788. The van der Waals surface area contributed by atoms with E-state index in [1.807, 2.05) is 0 Å². The van der Waals surface area contributed by atoms with Gasteiger partial charge in [0.1, 0.15) is 0 Å². The van der Waals surface area contributed by atoms with Crippen LogP contribution in [0.25, 0.3) is 0 Å². The van der Waals surface area contributed by atoms with Crippen LogP contribution in [-0.4, -0.2) is 20.2 Å². The number of nitrogens with zero attached hydrogens (tertiary/aromatic N) is 4. The summed E-state index contributed by atoms with van der Waals surface area (Å²) in [7, 11) is 0. The molecule has 0 spiro atoms. The molecule has 0 atom stereocenters. The highest BCUT2D eigenvalue weighted by molar-refractivity contribution is 5.21. The average Bonchev–Trinajstić information content (AvgIpc) is 2.69. The Bertz CT molecular complexity index is 431. The first-order valence-electron chi connectivity index (χ1n) is 4.80. The number of aromatic nitrogens is 4. The van der Waals surface area contributed by atoms with E-state index < -0.39 is 0 Å². The lowest BCUT2D eigenvalue weighted by molar-refractivity contribution is 0.619. The summed E-state index contributed by atoms with van der Waals surface area (Å²) in [6, 6.07) is 8.28. The van der Waals surface area contributed by atoms with Crippen molar-refractivity contribution in [1.82, 2.24) is 20.2 Å². The van der Waals surface area contributed by atoms with Crippen LogP contribution in [0.3, 0.4) is 0 Å². The van der Waals surface area contributed by atoms with Crippen molar-refractivity contribution in [2.45, 2.75) is 20.0 Å². The van der Waals surface area contributed by atoms with E-state index in [2.05, 4.69) is 46.7 Å². The maximum Gasteiger partial charge on any atom is 0.165 e. The van der Waals surface area contributed by atoms with Crippen molar-refractivity contribution < 1.29 is 0 Å². The molecule has 15 heavy (non-hydrogen) atoms. The SMILES string of the molecule is Cc1ccc(Cn2nnnc2CN)cc1. The van der Waals surface area contributed by atoms with Crippen LogP contribution >= 0.6 is 0 Å². The van der Waals surface area contributed by atoms with Gasteiger partial charge in [0.05, 0.1) is 13.1 Å². The van der Waals surface area contributed by atoms with E-state index in [9.17, 15) is 0 Å². The minimum absolute atomic E-state index is 0.360. The van der Waals surface area contributed by atoms with E-state index in [1.54, 1.807) is 4.68 Å². The molecule has 0 aliphatic carbocycles. The van der Waals surface area contributed by atoms with Gasteiger partial charge in [-0.05, 0) is 22.9 Å². The first-order valence-corrected chi connectivity index (χ1v) is 4.80. The van der Waals surface area contributed by atoms with E-state index in [-0.39, 0.29) is 0 Å². The number of hydrogen-bond donors (Lipinski definition) is 1. The summed E-state index contributed by atoms with van der Waals surface area (Å²) in [6.07, 6.45) is 0. The maximum absolute atomic E-state index is 5.51. The van der Waals surface area contributed by atoms with Crippen LogP contribution in [0.1, 0.15) is 17.0 Å². The van der Waals surface area contributed by atoms with Crippen molar-refractivity contribution >= 4 is 0 Å². The lowest BCUT2D eigenvalue weighted by Crippen LogP contribution is -2.10. The molecule has 0 bridgehead atoms. The highest BCUT2D eigenvalue weighted by Gasteiger charge is 2.03. The summed E-state index contributed by atoms with van der Waals surface area (Å²) < 4.78 is 1.71. The highest BCUT2D eigenvalue weighted by atomic mass is 15.5. The van der Waals surface area contributed by atoms with Crippen molar-refractivity contribution in [1.29, 1.82) is 0 Å². The number of nitrogens with two attached hydrogens (primary N) is 1. The van der Waals surface area contributed by atoms with E-state index in [4.69, 9.17) is 5.73 Å². The number of aryl methyl sites for hydroxylation is 1. The van der Waals surface area contributed by atoms with Crippen LogP contribution in [0.5, 0.6) is 0 Å². The fraction of sp³-hybridized carbons (Fsp3) is 0.300. The van der Waals surface area contributed by atoms with Crippen molar-refractivity contribution in [2.75, 3.05) is 0 Å². The zero-order valence-electron chi connectivity index (χ0n) is 8.59. The van der Waals surface area contributed by atoms with Crippen LogP contribution < -0.4 is 5.73 Å². The molecule has 0 unspecified atom stereocenters. The third-order valence-corrected chi connectivity index (χ3v) is 2.24. The van der Waals surface area contributed by atoms with Crippen molar-refractivity contribution in [3.63, 3.8) is 0 Å². The second-order valence-electron chi connectivity index (χ2n) is 3.44. The van der Waals surface area contributed by atoms with Crippen LogP contribution in [-0.2, 0) is 13.1 Å². The minimum Gasteiger partial charge on any atom is -0.324 e. The third kappa shape index (κ3) is 2.19. The Morgan fingerprint density at radius 1 is 1.27 bits per heavy atom. The monoisotopic (exact) mass is 203 g/mol. The van der Waals surface area contributed by atoms with Gasteiger partial charge in [-0.1, -0.05) is 29.8 Å². The molecule has 78 valence electrons. The van der Waals surface area contributed by atoms with Gasteiger partial charge >= 0.3 is 0 Å². The topological polar surface area (TPSA) is 69.6 Å². The van der Waals surface area contributed by atoms with E-state index in [0.29, 0.717) is 18.9 Å². The summed E-state index contributed by atoms with van der Waals surface area (Å²) in [5, 5.41) is 11.3. The first-order chi connectivity index (χ1) is 7.29. The normalized spacial score (nSPS) is 10.5. The molecule has 2 rings (SSSR count). The first kappa shape index (κ1) is 9.79. The predicted octanol–water partition coefficient (Wildman–Crippen LogP) is 0.489. The molecule has 5 heteroatoms. The smallest absolute Gasteiger partial charge is 0.165 e. The van der Waals surface area contributed by atoms with Gasteiger partial charge in [0.2, 0.25) is 0 Å². The summed E-state index contributed by atoms with van der Waals surface area (Å²) in [5.41, 5.74) is 7.92. The molecule has 0 fully saturated rings. The second-order valence-corrected chi connectivity index (χ2v) is 3.44. The molecule has 0 amide bonds. The Morgan fingerprint density at radius 3 is 2.67 bits per heavy atom. The molecule has 2 N–H and O–H groups in total. The molecular weight excluding hydrogens is 190 g/mol. The van der Waals surface area contributed by atoms with Crippen molar-refractivity contribution in [3.8, 4) is 0 Å². The molecule has 0 saturated heterocycles. The zero-order valence-corrected chi connectivity index (χ0v) is 8.59. The van der Waals surface area contributed by atoms with Crippen LogP contribution in [0.4, 0.5) is 0 Å². The van der Waals surface area contributed by atoms with Crippen molar-refractivity contribution in [3.05, 3.63) is 41.2 Å². The van der Waals surface area contributed by atoms with Crippen LogP contribution in [0, 0.1) is 6.92 Å². The highest BCUT2D eigenvalue weighted by Crippen LogP contribution is 2.05. The molecular formula is C10H13N5. The van der Waals surface area contributed by atoms with Gasteiger partial charge in [-0.25, -0.2) is 4.68 Å². The van der Waals surface area contributed by atoms with Gasteiger partial charge in [0, 0.05) is 0 Å². The molecule has 5 nitrogen and oxygen atoms in total. The van der Waals surface area contributed by atoms with Gasteiger partial charge in [-0.15, -0.1) is 5.10 Å². The summed E-state index contributed by atoms with van der Waals surface area (Å²) >= 11 is 0. The Balaban J connectivity index is 2.18. The molecule has 0 aliphatic heterocycles. The number of hydrogen-bond acceptors (Lipinski definition) is 4. The van der Waals surface area contributed by atoms with Gasteiger partial charge in [0.25, 0.3) is 0 Å². The summed E-state index contributed by atoms with van der Waals surface area (Å²) in [5.74, 6) is 0.704. The van der Waals surface area contributed by atoms with Crippen LogP contribution in [0.15, 0.2) is 24.3 Å². The molecule has 1 aromatic carbocycles. The lowest BCUT2D eigenvalue weighted by Gasteiger charge is -2.03. The maximum atomic E-state index is 5.51.